The molecular formula is C14H19NO3. The summed E-state index contributed by atoms with van der Waals surface area (Å²) in [6.45, 7) is 6.59. The van der Waals surface area contributed by atoms with Crippen LogP contribution in [0.5, 0.6) is 0 Å². The van der Waals surface area contributed by atoms with Gasteiger partial charge in [0.05, 0.1) is 13.2 Å². The zero-order valence-corrected chi connectivity index (χ0v) is 11.0. The molecule has 2 rings (SSSR count). The number of epoxide rings is 1. The molecule has 1 heterocycles. The molecule has 1 saturated heterocycles. The van der Waals surface area contributed by atoms with E-state index in [1.807, 2.05) is 51.1 Å². The average Bonchev–Trinajstić information content (AvgIpc) is 3.06. The van der Waals surface area contributed by atoms with E-state index in [-0.39, 0.29) is 5.60 Å². The Labute approximate surface area is 107 Å². The summed E-state index contributed by atoms with van der Waals surface area (Å²) in [5.74, 6) is 0. The van der Waals surface area contributed by atoms with Crippen LogP contribution in [0.4, 0.5) is 4.79 Å². The third kappa shape index (κ3) is 3.23. The van der Waals surface area contributed by atoms with Crippen LogP contribution in [0.3, 0.4) is 0 Å². The van der Waals surface area contributed by atoms with E-state index in [0.717, 1.165) is 5.56 Å². The van der Waals surface area contributed by atoms with Crippen molar-refractivity contribution >= 4 is 6.09 Å². The number of rotatable bonds is 3. The fraction of sp³-hybridized carbons (Fsp3) is 0.500. The van der Waals surface area contributed by atoms with E-state index in [4.69, 9.17) is 9.47 Å². The second kappa shape index (κ2) is 4.61. The molecule has 1 unspecified atom stereocenters. The lowest BCUT2D eigenvalue weighted by Gasteiger charge is -2.21. The number of amides is 1. The predicted molar refractivity (Wildman–Crippen MR) is 68.3 cm³/mol. The Morgan fingerprint density at radius 3 is 2.50 bits per heavy atom. The summed E-state index contributed by atoms with van der Waals surface area (Å²) < 4.78 is 10.7. The predicted octanol–water partition coefficient (Wildman–Crippen LogP) is 2.44. The lowest BCUT2D eigenvalue weighted by Crippen LogP contribution is -2.37. The summed E-state index contributed by atoms with van der Waals surface area (Å²) in [5, 5.41) is 2.75. The number of hydrogen-bond donors (Lipinski definition) is 1. The van der Waals surface area contributed by atoms with Gasteiger partial charge in [-0.05, 0) is 26.3 Å². The first-order chi connectivity index (χ1) is 8.41. The van der Waals surface area contributed by atoms with Gasteiger partial charge in [-0.15, -0.1) is 0 Å². The topological polar surface area (TPSA) is 50.9 Å². The molecule has 4 nitrogen and oxygen atoms in total. The fourth-order valence-electron chi connectivity index (χ4n) is 1.73. The summed E-state index contributed by atoms with van der Waals surface area (Å²) in [4.78, 5) is 11.6. The number of carbonyl (C=O) groups excluding carboxylic acids is 1. The molecule has 0 aromatic heterocycles. The smallest absolute Gasteiger partial charge is 0.407 e. The van der Waals surface area contributed by atoms with Gasteiger partial charge in [0, 0.05) is 0 Å². The second-order valence-corrected chi connectivity index (χ2v) is 5.50. The third-order valence-corrected chi connectivity index (χ3v) is 2.71. The van der Waals surface area contributed by atoms with Gasteiger partial charge in [0.1, 0.15) is 11.2 Å². The Hall–Kier alpha value is -1.55. The van der Waals surface area contributed by atoms with Gasteiger partial charge in [0.25, 0.3) is 0 Å². The maximum absolute atomic E-state index is 11.6. The van der Waals surface area contributed by atoms with Crippen molar-refractivity contribution in [1.82, 2.24) is 5.32 Å². The molecule has 1 amide bonds. The SMILES string of the molecule is CC(C)(C)OC(=O)NCC1(c2ccccc2)CO1. The molecule has 0 spiro atoms. The molecule has 1 aliphatic heterocycles. The van der Waals surface area contributed by atoms with E-state index < -0.39 is 11.7 Å². The number of nitrogens with one attached hydrogen (secondary N) is 1. The number of hydrogen-bond acceptors (Lipinski definition) is 3. The highest BCUT2D eigenvalue weighted by Gasteiger charge is 2.46. The summed E-state index contributed by atoms with van der Waals surface area (Å²) >= 11 is 0. The molecule has 0 aliphatic carbocycles. The largest absolute Gasteiger partial charge is 0.444 e. The highest BCUT2D eigenvalue weighted by molar-refractivity contribution is 5.67. The summed E-state index contributed by atoms with van der Waals surface area (Å²) in [6, 6.07) is 9.90. The molecule has 1 aromatic carbocycles. The molecule has 1 fully saturated rings. The van der Waals surface area contributed by atoms with Gasteiger partial charge in [-0.3, -0.25) is 0 Å². The zero-order chi connectivity index (χ0) is 13.2. The highest BCUT2D eigenvalue weighted by Crippen LogP contribution is 2.37. The molecule has 4 heteroatoms. The summed E-state index contributed by atoms with van der Waals surface area (Å²) in [7, 11) is 0. The van der Waals surface area contributed by atoms with E-state index >= 15 is 0 Å². The van der Waals surface area contributed by atoms with Crippen LogP contribution >= 0.6 is 0 Å². The maximum Gasteiger partial charge on any atom is 0.407 e. The third-order valence-electron chi connectivity index (χ3n) is 2.71. The van der Waals surface area contributed by atoms with E-state index in [1.54, 1.807) is 0 Å². The molecule has 0 bridgehead atoms. The van der Waals surface area contributed by atoms with Gasteiger partial charge >= 0.3 is 6.09 Å². The van der Waals surface area contributed by atoms with Crippen molar-refractivity contribution in [3.63, 3.8) is 0 Å². The fourth-order valence-corrected chi connectivity index (χ4v) is 1.73. The number of alkyl carbamates (subject to hydrolysis) is 1. The van der Waals surface area contributed by atoms with Crippen molar-refractivity contribution in [3.8, 4) is 0 Å². The van der Waals surface area contributed by atoms with Gasteiger partial charge in [0.15, 0.2) is 0 Å². The lowest BCUT2D eigenvalue weighted by atomic mass is 10.0. The molecule has 1 aliphatic rings. The van der Waals surface area contributed by atoms with Crippen molar-refractivity contribution in [2.24, 2.45) is 0 Å². The second-order valence-electron chi connectivity index (χ2n) is 5.50. The van der Waals surface area contributed by atoms with Crippen LogP contribution in [0.1, 0.15) is 26.3 Å². The molecule has 0 radical (unpaired) electrons. The van der Waals surface area contributed by atoms with Crippen LogP contribution in [-0.4, -0.2) is 24.8 Å². The highest BCUT2D eigenvalue weighted by atomic mass is 16.6. The first-order valence-corrected chi connectivity index (χ1v) is 6.08. The van der Waals surface area contributed by atoms with Crippen LogP contribution in [0, 0.1) is 0 Å². The minimum Gasteiger partial charge on any atom is -0.444 e. The minimum absolute atomic E-state index is 0.363. The Balaban J connectivity index is 1.89. The normalized spacial score (nSPS) is 22.4. The van der Waals surface area contributed by atoms with Crippen LogP contribution in [0.15, 0.2) is 30.3 Å². The van der Waals surface area contributed by atoms with Crippen molar-refractivity contribution in [1.29, 1.82) is 0 Å². The first-order valence-electron chi connectivity index (χ1n) is 6.08. The Bertz CT molecular complexity index is 418. The maximum atomic E-state index is 11.6. The van der Waals surface area contributed by atoms with Crippen molar-refractivity contribution < 1.29 is 14.3 Å². The summed E-state index contributed by atoms with van der Waals surface area (Å²) in [5.41, 5.74) is 0.244. The molecule has 1 aromatic rings. The first kappa shape index (κ1) is 12.9. The standard InChI is InChI=1S/C14H19NO3/c1-13(2,3)18-12(16)15-9-14(10-17-14)11-7-5-4-6-8-11/h4-8H,9-10H2,1-3H3,(H,15,16). The molecule has 98 valence electrons. The van der Waals surface area contributed by atoms with E-state index in [1.165, 1.54) is 0 Å². The molecular weight excluding hydrogens is 230 g/mol. The Kier molecular flexibility index (Phi) is 3.30. The molecule has 1 atom stereocenters. The van der Waals surface area contributed by atoms with Crippen molar-refractivity contribution in [2.45, 2.75) is 32.0 Å². The van der Waals surface area contributed by atoms with Crippen LogP contribution in [0.2, 0.25) is 0 Å². The molecule has 0 saturated carbocycles. The van der Waals surface area contributed by atoms with E-state index in [0.29, 0.717) is 13.2 Å². The number of benzene rings is 1. The van der Waals surface area contributed by atoms with Gasteiger partial charge in [-0.2, -0.15) is 0 Å². The molecule has 1 N–H and O–H groups in total. The quantitative estimate of drug-likeness (QED) is 0.837. The van der Waals surface area contributed by atoms with Gasteiger partial charge in [0.2, 0.25) is 0 Å². The molecule has 18 heavy (non-hydrogen) atoms. The van der Waals surface area contributed by atoms with E-state index in [2.05, 4.69) is 5.32 Å². The van der Waals surface area contributed by atoms with Crippen LogP contribution < -0.4 is 5.32 Å². The lowest BCUT2D eigenvalue weighted by molar-refractivity contribution is 0.0512. The van der Waals surface area contributed by atoms with Crippen LogP contribution in [-0.2, 0) is 15.1 Å². The average molecular weight is 249 g/mol. The van der Waals surface area contributed by atoms with Crippen LogP contribution in [0.25, 0.3) is 0 Å². The van der Waals surface area contributed by atoms with Gasteiger partial charge in [-0.25, -0.2) is 4.79 Å². The Morgan fingerprint density at radius 1 is 1.39 bits per heavy atom. The number of ether oxygens (including phenoxy) is 2. The van der Waals surface area contributed by atoms with Gasteiger partial charge < -0.3 is 14.8 Å². The Morgan fingerprint density at radius 2 is 2.00 bits per heavy atom. The van der Waals surface area contributed by atoms with Gasteiger partial charge in [-0.1, -0.05) is 30.3 Å². The van der Waals surface area contributed by atoms with Crippen molar-refractivity contribution in [3.05, 3.63) is 35.9 Å². The monoisotopic (exact) mass is 249 g/mol. The number of carbonyl (C=O) groups is 1. The van der Waals surface area contributed by atoms with E-state index in [9.17, 15) is 4.79 Å². The summed E-state index contributed by atoms with van der Waals surface area (Å²) in [6.07, 6.45) is -0.409. The minimum atomic E-state index is -0.478. The zero-order valence-electron chi connectivity index (χ0n) is 11.0. The van der Waals surface area contributed by atoms with Crippen molar-refractivity contribution in [2.75, 3.05) is 13.2 Å².